The van der Waals surface area contributed by atoms with Crippen LogP contribution in [0.3, 0.4) is 0 Å². The zero-order chi connectivity index (χ0) is 13.1. The fraction of sp³-hybridized carbons (Fsp3) is 0.467. The van der Waals surface area contributed by atoms with Crippen LogP contribution in [-0.4, -0.2) is 12.7 Å². The van der Waals surface area contributed by atoms with E-state index < -0.39 is 0 Å². The van der Waals surface area contributed by atoms with E-state index in [4.69, 9.17) is 14.9 Å². The van der Waals surface area contributed by atoms with Crippen molar-refractivity contribution in [2.24, 2.45) is 11.7 Å². The summed E-state index contributed by atoms with van der Waals surface area (Å²) in [5.74, 6) is 1.28. The Hall–Kier alpha value is -1.32. The van der Waals surface area contributed by atoms with Gasteiger partial charge >= 0.3 is 0 Å². The second-order valence-corrected chi connectivity index (χ2v) is 5.08. The number of rotatable bonds is 5. The van der Waals surface area contributed by atoms with E-state index in [9.17, 15) is 0 Å². The lowest BCUT2D eigenvalue weighted by Crippen LogP contribution is -2.23. The van der Waals surface area contributed by atoms with Crippen molar-refractivity contribution in [3.8, 4) is 0 Å². The molecule has 2 unspecified atom stereocenters. The maximum atomic E-state index is 6.09. The van der Waals surface area contributed by atoms with Crippen LogP contribution in [-0.2, 0) is 4.74 Å². The minimum atomic E-state index is -0.210. The number of hydrogen-bond donors (Lipinski definition) is 1. The molecule has 2 atom stereocenters. The molecule has 3 heteroatoms. The normalized spacial score (nSPS) is 15.2. The highest BCUT2D eigenvalue weighted by atomic mass is 16.5. The van der Waals surface area contributed by atoms with Crippen LogP contribution >= 0.6 is 0 Å². The number of hydrogen-bond acceptors (Lipinski definition) is 3. The Morgan fingerprint density at radius 3 is 2.61 bits per heavy atom. The standard InChI is InChI=1S/C15H21NO2/c1-10(2)11(3)17-9-13(16)15-8-12-6-4-5-7-14(12)18-15/h4-8,10-11,13H,9,16H2,1-3H3. The average Bonchev–Trinajstić information content (AvgIpc) is 2.79. The highest BCUT2D eigenvalue weighted by molar-refractivity contribution is 5.77. The van der Waals surface area contributed by atoms with Crippen LogP contribution in [0.4, 0.5) is 0 Å². The van der Waals surface area contributed by atoms with Gasteiger partial charge in [0, 0.05) is 5.39 Å². The zero-order valence-corrected chi connectivity index (χ0v) is 11.2. The molecule has 18 heavy (non-hydrogen) atoms. The number of ether oxygens (including phenoxy) is 1. The van der Waals surface area contributed by atoms with Gasteiger partial charge in [-0.2, -0.15) is 0 Å². The fourth-order valence-corrected chi connectivity index (χ4v) is 1.72. The molecule has 1 aromatic carbocycles. The molecule has 0 spiro atoms. The molecule has 0 saturated carbocycles. The Morgan fingerprint density at radius 1 is 1.22 bits per heavy atom. The zero-order valence-electron chi connectivity index (χ0n) is 11.2. The molecule has 2 N–H and O–H groups in total. The van der Waals surface area contributed by atoms with Gasteiger partial charge in [0.05, 0.1) is 18.8 Å². The summed E-state index contributed by atoms with van der Waals surface area (Å²) >= 11 is 0. The Kier molecular flexibility index (Phi) is 4.04. The van der Waals surface area contributed by atoms with Crippen molar-refractivity contribution in [3.63, 3.8) is 0 Å². The predicted octanol–water partition coefficient (Wildman–Crippen LogP) is 3.49. The molecule has 0 aliphatic heterocycles. The Bertz CT molecular complexity index is 471. The lowest BCUT2D eigenvalue weighted by atomic mass is 10.1. The van der Waals surface area contributed by atoms with Crippen LogP contribution in [0.5, 0.6) is 0 Å². The third-order valence-electron chi connectivity index (χ3n) is 3.29. The molecule has 3 nitrogen and oxygen atoms in total. The molecule has 0 radical (unpaired) electrons. The van der Waals surface area contributed by atoms with Gasteiger partial charge in [0.15, 0.2) is 0 Å². The number of furan rings is 1. The topological polar surface area (TPSA) is 48.4 Å². The summed E-state index contributed by atoms with van der Waals surface area (Å²) < 4.78 is 11.4. The van der Waals surface area contributed by atoms with Gasteiger partial charge in [-0.25, -0.2) is 0 Å². The average molecular weight is 247 g/mol. The molecular weight excluding hydrogens is 226 g/mol. The summed E-state index contributed by atoms with van der Waals surface area (Å²) in [7, 11) is 0. The van der Waals surface area contributed by atoms with Gasteiger partial charge < -0.3 is 14.9 Å². The molecule has 0 amide bonds. The van der Waals surface area contributed by atoms with Crippen LogP contribution < -0.4 is 5.73 Å². The molecule has 0 bridgehead atoms. The van der Waals surface area contributed by atoms with Gasteiger partial charge in [-0.1, -0.05) is 32.0 Å². The monoisotopic (exact) mass is 247 g/mol. The molecule has 0 saturated heterocycles. The molecule has 2 rings (SSSR count). The van der Waals surface area contributed by atoms with Crippen molar-refractivity contribution in [1.29, 1.82) is 0 Å². The highest BCUT2D eigenvalue weighted by Gasteiger charge is 2.15. The first-order chi connectivity index (χ1) is 8.58. The lowest BCUT2D eigenvalue weighted by molar-refractivity contribution is 0.0248. The van der Waals surface area contributed by atoms with E-state index in [2.05, 4.69) is 20.8 Å². The lowest BCUT2D eigenvalue weighted by Gasteiger charge is -2.18. The molecule has 0 aliphatic carbocycles. The Morgan fingerprint density at radius 2 is 1.94 bits per heavy atom. The molecule has 2 aromatic rings. The highest BCUT2D eigenvalue weighted by Crippen LogP contribution is 2.23. The molecule has 1 heterocycles. The first-order valence-electron chi connectivity index (χ1n) is 6.43. The van der Waals surface area contributed by atoms with Gasteiger partial charge in [-0.3, -0.25) is 0 Å². The Labute approximate surface area is 108 Å². The molecule has 98 valence electrons. The summed E-state index contributed by atoms with van der Waals surface area (Å²) in [5, 5.41) is 1.08. The fourth-order valence-electron chi connectivity index (χ4n) is 1.72. The largest absolute Gasteiger partial charge is 0.459 e. The number of nitrogens with two attached hydrogens (primary N) is 1. The summed E-state index contributed by atoms with van der Waals surface area (Å²) in [4.78, 5) is 0. The van der Waals surface area contributed by atoms with Crippen molar-refractivity contribution in [1.82, 2.24) is 0 Å². The smallest absolute Gasteiger partial charge is 0.134 e. The van der Waals surface area contributed by atoms with Crippen LogP contribution in [0.2, 0.25) is 0 Å². The third-order valence-corrected chi connectivity index (χ3v) is 3.29. The second kappa shape index (κ2) is 5.55. The van der Waals surface area contributed by atoms with Crippen LogP contribution in [0.25, 0.3) is 11.0 Å². The minimum Gasteiger partial charge on any atom is -0.459 e. The first kappa shape index (κ1) is 13.1. The minimum absolute atomic E-state index is 0.209. The molecule has 1 aromatic heterocycles. The van der Waals surface area contributed by atoms with Crippen molar-refractivity contribution in [3.05, 3.63) is 36.1 Å². The molecule has 0 aliphatic rings. The van der Waals surface area contributed by atoms with E-state index in [1.165, 1.54) is 0 Å². The van der Waals surface area contributed by atoms with Gasteiger partial charge in [-0.15, -0.1) is 0 Å². The van der Waals surface area contributed by atoms with Gasteiger partial charge in [-0.05, 0) is 25.0 Å². The maximum Gasteiger partial charge on any atom is 0.134 e. The van der Waals surface area contributed by atoms with Gasteiger partial charge in [0.2, 0.25) is 0 Å². The van der Waals surface area contributed by atoms with Gasteiger partial charge in [0.1, 0.15) is 11.3 Å². The summed E-state index contributed by atoms with van der Waals surface area (Å²) in [6.07, 6.45) is 0.209. The van der Waals surface area contributed by atoms with Gasteiger partial charge in [0.25, 0.3) is 0 Å². The predicted molar refractivity (Wildman–Crippen MR) is 73.4 cm³/mol. The number of benzene rings is 1. The van der Waals surface area contributed by atoms with E-state index in [0.29, 0.717) is 12.5 Å². The van der Waals surface area contributed by atoms with E-state index in [-0.39, 0.29) is 12.1 Å². The van der Waals surface area contributed by atoms with Crippen molar-refractivity contribution in [2.75, 3.05) is 6.61 Å². The van der Waals surface area contributed by atoms with Crippen LogP contribution in [0.15, 0.2) is 34.7 Å². The van der Waals surface area contributed by atoms with E-state index >= 15 is 0 Å². The summed E-state index contributed by atoms with van der Waals surface area (Å²) in [6.45, 7) is 6.82. The second-order valence-electron chi connectivity index (χ2n) is 5.08. The van der Waals surface area contributed by atoms with Crippen molar-refractivity contribution in [2.45, 2.75) is 32.9 Å². The Balaban J connectivity index is 2.02. The van der Waals surface area contributed by atoms with Crippen molar-refractivity contribution >= 4 is 11.0 Å². The summed E-state index contributed by atoms with van der Waals surface area (Å²) in [6, 6.07) is 9.70. The number of para-hydroxylation sites is 1. The van der Waals surface area contributed by atoms with E-state index in [0.717, 1.165) is 16.7 Å². The van der Waals surface area contributed by atoms with E-state index in [1.807, 2.05) is 30.3 Å². The van der Waals surface area contributed by atoms with E-state index in [1.54, 1.807) is 0 Å². The SMILES string of the molecule is CC(C)C(C)OCC(N)c1cc2ccccc2o1. The molecular formula is C15H21NO2. The maximum absolute atomic E-state index is 6.09. The number of fused-ring (bicyclic) bond motifs is 1. The van der Waals surface area contributed by atoms with Crippen molar-refractivity contribution < 1.29 is 9.15 Å². The first-order valence-corrected chi connectivity index (χ1v) is 6.43. The van der Waals surface area contributed by atoms with Crippen LogP contribution in [0.1, 0.15) is 32.6 Å². The molecule has 0 fully saturated rings. The van der Waals surface area contributed by atoms with Crippen LogP contribution in [0, 0.1) is 5.92 Å². The summed E-state index contributed by atoms with van der Waals surface area (Å²) in [5.41, 5.74) is 6.96. The third kappa shape index (κ3) is 2.92. The quantitative estimate of drug-likeness (QED) is 0.879.